The molecule has 0 aromatic carbocycles. The maximum Gasteiger partial charge on any atom is 1.00 e. The van der Waals surface area contributed by atoms with Crippen LogP contribution >= 0.6 is 0 Å². The molecule has 0 spiro atoms. The van der Waals surface area contributed by atoms with E-state index in [-0.39, 0.29) is 29.6 Å². The van der Waals surface area contributed by atoms with Crippen LogP contribution < -0.4 is 34.7 Å². The third kappa shape index (κ3) is 6.54. The van der Waals surface area contributed by atoms with Crippen LogP contribution in [0, 0.1) is 0 Å². The quantitative estimate of drug-likeness (QED) is 0.124. The molecule has 0 bridgehead atoms. The average Bonchev–Trinajstić information content (AvgIpc) is 2.96. The zero-order chi connectivity index (χ0) is 22.6. The van der Waals surface area contributed by atoms with E-state index in [1.807, 2.05) is 0 Å². The Labute approximate surface area is 198 Å². The second-order valence-electron chi connectivity index (χ2n) is 6.93. The molecule has 31 heavy (non-hydrogen) atoms. The molecule has 0 aliphatic carbocycles. The number of hydrogen-bond acceptors (Lipinski definition) is 14. The van der Waals surface area contributed by atoms with Crippen molar-refractivity contribution < 1.29 is 98.9 Å². The van der Waals surface area contributed by atoms with Crippen molar-refractivity contribution in [3.63, 3.8) is 0 Å². The molecule has 9 atom stereocenters. The first-order valence-corrected chi connectivity index (χ1v) is 9.05. The molecule has 2 aliphatic rings. The van der Waals surface area contributed by atoms with E-state index in [0.717, 1.165) is 0 Å². The van der Waals surface area contributed by atoms with Gasteiger partial charge in [-0.3, -0.25) is 4.79 Å². The molecular formula is C16H25NaO14. The predicted molar refractivity (Wildman–Crippen MR) is 86.8 cm³/mol. The summed E-state index contributed by atoms with van der Waals surface area (Å²) in [7, 11) is 0. The zero-order valence-corrected chi connectivity index (χ0v) is 18.6. The van der Waals surface area contributed by atoms with Crippen molar-refractivity contribution in [1.82, 2.24) is 0 Å². The molecule has 0 aromatic heterocycles. The van der Waals surface area contributed by atoms with E-state index in [9.17, 15) is 50.4 Å². The molecule has 7 N–H and O–H groups in total. The van der Waals surface area contributed by atoms with Crippen molar-refractivity contribution in [3.05, 3.63) is 0 Å². The number of aliphatic hydroxyl groups excluding tert-OH is 7. The molecule has 174 valence electrons. The van der Waals surface area contributed by atoms with E-state index in [1.165, 1.54) is 0 Å². The molecule has 0 radical (unpaired) electrons. The first-order chi connectivity index (χ1) is 14.1. The van der Waals surface area contributed by atoms with E-state index in [1.54, 1.807) is 0 Å². The number of ether oxygens (including phenoxy) is 4. The Morgan fingerprint density at radius 3 is 2.10 bits per heavy atom. The summed E-state index contributed by atoms with van der Waals surface area (Å²) in [6, 6.07) is 0. The molecule has 14 nitrogen and oxygen atoms in total. The van der Waals surface area contributed by atoms with Crippen LogP contribution in [0.3, 0.4) is 0 Å². The van der Waals surface area contributed by atoms with E-state index >= 15 is 0 Å². The molecular weight excluding hydrogens is 439 g/mol. The van der Waals surface area contributed by atoms with Crippen LogP contribution in [0.25, 0.3) is 0 Å². The summed E-state index contributed by atoms with van der Waals surface area (Å²) in [4.78, 5) is 21.9. The standard InChI is InChI=1S/C16H26O14.Na/c17-3-6-11(23)14(26)16(5-18,29-6)30-15-13(25)12(24)10(22)7(28-15)4-27-9(21)2-1-8(19)20;/h6-7,10-15,17-18,22-26H,1-5H2,(H,19,20);/q;+1/p-1/t6-,7-,10-,11-,12+,13-,14+,15-,16+;/m1./s1. The fourth-order valence-electron chi connectivity index (χ4n) is 3.07. The Bertz CT molecular complexity index is 607. The predicted octanol–water partition coefficient (Wildman–Crippen LogP) is -9.31. The van der Waals surface area contributed by atoms with Crippen LogP contribution in [0.1, 0.15) is 12.8 Å². The molecule has 0 saturated carbocycles. The molecule has 2 fully saturated rings. The normalized spacial score (nSPS) is 40.2. The summed E-state index contributed by atoms with van der Waals surface area (Å²) in [6.45, 7) is -2.44. The van der Waals surface area contributed by atoms with Gasteiger partial charge in [-0.05, 0) is 6.42 Å². The Kier molecular flexibility index (Phi) is 11.2. The minimum absolute atomic E-state index is 0. The summed E-state index contributed by atoms with van der Waals surface area (Å²) in [6.07, 6.45) is -14.8. The summed E-state index contributed by atoms with van der Waals surface area (Å²) in [5.74, 6) is -4.76. The van der Waals surface area contributed by atoms with Crippen LogP contribution in [0.15, 0.2) is 0 Å². The molecule has 0 amide bonds. The van der Waals surface area contributed by atoms with Gasteiger partial charge in [-0.2, -0.15) is 0 Å². The van der Waals surface area contributed by atoms with E-state index in [0.29, 0.717) is 0 Å². The van der Waals surface area contributed by atoms with E-state index in [4.69, 9.17) is 18.9 Å². The van der Waals surface area contributed by atoms with Gasteiger partial charge in [0.1, 0.15) is 55.9 Å². The van der Waals surface area contributed by atoms with Gasteiger partial charge in [0.05, 0.1) is 13.0 Å². The average molecular weight is 464 g/mol. The van der Waals surface area contributed by atoms with Gasteiger partial charge in [-0.1, -0.05) is 0 Å². The number of carbonyl (C=O) groups excluding carboxylic acids is 2. The SMILES string of the molecule is O=C([O-])CCC(=O)OC[C@H]1O[C@H](O[C@]2(CO)O[C@H](CO)[C@@H](O)[C@@H]2O)[C@H](O)[C@@H](O)[C@@H]1O.[Na+]. The van der Waals surface area contributed by atoms with Gasteiger partial charge in [0.15, 0.2) is 6.29 Å². The van der Waals surface area contributed by atoms with Crippen molar-refractivity contribution >= 4 is 11.9 Å². The number of aliphatic carboxylic acids is 1. The summed E-state index contributed by atoms with van der Waals surface area (Å²) >= 11 is 0. The van der Waals surface area contributed by atoms with Gasteiger partial charge in [0.2, 0.25) is 5.79 Å². The molecule has 15 heteroatoms. The number of esters is 1. The number of carboxylic acids is 1. The maximum absolute atomic E-state index is 11.5. The van der Waals surface area contributed by atoms with Crippen LogP contribution in [-0.2, 0) is 28.5 Å². The smallest absolute Gasteiger partial charge is 0.550 e. The third-order valence-electron chi connectivity index (χ3n) is 4.83. The molecule has 2 heterocycles. The van der Waals surface area contributed by atoms with Crippen LogP contribution in [0.4, 0.5) is 0 Å². The third-order valence-corrected chi connectivity index (χ3v) is 4.83. The molecule has 2 aliphatic heterocycles. The van der Waals surface area contributed by atoms with Crippen molar-refractivity contribution in [2.24, 2.45) is 0 Å². The minimum atomic E-state index is -2.34. The Balaban J connectivity index is 0.00000480. The van der Waals surface area contributed by atoms with Crippen LogP contribution in [0.5, 0.6) is 0 Å². The van der Waals surface area contributed by atoms with Crippen molar-refractivity contribution in [1.29, 1.82) is 0 Å². The largest absolute Gasteiger partial charge is 1.00 e. The first-order valence-electron chi connectivity index (χ1n) is 9.05. The second-order valence-corrected chi connectivity index (χ2v) is 6.93. The summed E-state index contributed by atoms with van der Waals surface area (Å²) in [5.41, 5.74) is 0. The molecule has 0 aromatic rings. The van der Waals surface area contributed by atoms with Gasteiger partial charge in [0.25, 0.3) is 0 Å². The van der Waals surface area contributed by atoms with Crippen LogP contribution in [0.2, 0.25) is 0 Å². The number of carbonyl (C=O) groups is 2. The van der Waals surface area contributed by atoms with Gasteiger partial charge < -0.3 is 64.6 Å². The van der Waals surface area contributed by atoms with Gasteiger partial charge in [-0.15, -0.1) is 0 Å². The number of aliphatic hydroxyl groups is 7. The van der Waals surface area contributed by atoms with Gasteiger partial charge in [-0.25, -0.2) is 0 Å². The van der Waals surface area contributed by atoms with E-state index in [2.05, 4.69) is 0 Å². The van der Waals surface area contributed by atoms with Gasteiger partial charge in [0, 0.05) is 5.97 Å². The minimum Gasteiger partial charge on any atom is -0.550 e. The maximum atomic E-state index is 11.5. The number of carboxylic acid groups (broad SMARTS) is 1. The Morgan fingerprint density at radius 2 is 1.58 bits per heavy atom. The fourth-order valence-corrected chi connectivity index (χ4v) is 3.07. The number of hydrogen-bond donors (Lipinski definition) is 7. The van der Waals surface area contributed by atoms with Crippen LogP contribution in [-0.4, -0.2) is 122 Å². The Hall–Kier alpha value is -0.460. The molecule has 0 unspecified atom stereocenters. The van der Waals surface area contributed by atoms with Crippen molar-refractivity contribution in [2.75, 3.05) is 19.8 Å². The zero-order valence-electron chi connectivity index (χ0n) is 16.6. The molecule has 2 rings (SSSR count). The number of rotatable bonds is 9. The second kappa shape index (κ2) is 12.1. The Morgan fingerprint density at radius 1 is 0.935 bits per heavy atom. The van der Waals surface area contributed by atoms with E-state index < -0.39 is 99.4 Å². The summed E-state index contributed by atoms with van der Waals surface area (Å²) in [5, 5.41) is 79.4. The monoisotopic (exact) mass is 464 g/mol. The molecule has 2 saturated heterocycles. The fraction of sp³-hybridized carbons (Fsp3) is 0.875. The van der Waals surface area contributed by atoms with Crippen molar-refractivity contribution in [2.45, 2.75) is 67.6 Å². The van der Waals surface area contributed by atoms with Crippen molar-refractivity contribution in [3.8, 4) is 0 Å². The summed E-state index contributed by atoms with van der Waals surface area (Å²) < 4.78 is 20.5. The van der Waals surface area contributed by atoms with Gasteiger partial charge >= 0.3 is 35.5 Å². The topological polar surface area (TPSA) is 236 Å². The first kappa shape index (κ1) is 28.6.